The van der Waals surface area contributed by atoms with Gasteiger partial charge in [0.15, 0.2) is 0 Å². The molecule has 174 valence electrons. The molecule has 0 spiro atoms. The van der Waals surface area contributed by atoms with Gasteiger partial charge >= 0.3 is 0 Å². The molecule has 0 radical (unpaired) electrons. The zero-order chi connectivity index (χ0) is 23.5. The summed E-state index contributed by atoms with van der Waals surface area (Å²) < 4.78 is 17.7. The first kappa shape index (κ1) is 22.1. The van der Waals surface area contributed by atoms with Gasteiger partial charge in [0.1, 0.15) is 23.7 Å². The molecule has 0 unspecified atom stereocenters. The van der Waals surface area contributed by atoms with Crippen molar-refractivity contribution in [2.45, 2.75) is 31.2 Å². The quantitative estimate of drug-likeness (QED) is 0.591. The molecule has 0 aliphatic carbocycles. The van der Waals surface area contributed by atoms with Gasteiger partial charge in [0.05, 0.1) is 25.3 Å². The summed E-state index contributed by atoms with van der Waals surface area (Å²) >= 11 is 0. The lowest BCUT2D eigenvalue weighted by molar-refractivity contribution is 0.0628. The number of nitrogens with one attached hydrogen (secondary N) is 2. The second-order valence-electron chi connectivity index (χ2n) is 8.56. The minimum Gasteiger partial charge on any atom is -0.457 e. The van der Waals surface area contributed by atoms with E-state index in [2.05, 4.69) is 10.6 Å². The van der Waals surface area contributed by atoms with Gasteiger partial charge in [-0.15, -0.1) is 0 Å². The van der Waals surface area contributed by atoms with E-state index in [-0.39, 0.29) is 36.1 Å². The largest absolute Gasteiger partial charge is 0.457 e. The number of para-hydroxylation sites is 1. The van der Waals surface area contributed by atoms with E-state index < -0.39 is 0 Å². The van der Waals surface area contributed by atoms with E-state index in [1.807, 2.05) is 49.4 Å². The number of hydrogen-bond acceptors (Lipinski definition) is 5. The highest BCUT2D eigenvalue weighted by molar-refractivity contribution is 5.95. The van der Waals surface area contributed by atoms with Gasteiger partial charge < -0.3 is 24.8 Å². The van der Waals surface area contributed by atoms with Crippen LogP contribution in [0, 0.1) is 6.92 Å². The number of hydrogen-bond donors (Lipinski definition) is 2. The van der Waals surface area contributed by atoms with E-state index in [0.29, 0.717) is 35.8 Å². The lowest BCUT2D eigenvalue weighted by Gasteiger charge is -2.18. The van der Waals surface area contributed by atoms with Gasteiger partial charge in [0, 0.05) is 11.1 Å². The molecule has 2 saturated heterocycles. The molecule has 2 N–H and O–H groups in total. The predicted molar refractivity (Wildman–Crippen MR) is 126 cm³/mol. The second-order valence-corrected chi connectivity index (χ2v) is 8.56. The topological polar surface area (TPSA) is 85.9 Å². The van der Waals surface area contributed by atoms with Gasteiger partial charge in [0.2, 0.25) is 0 Å². The third-order valence-corrected chi connectivity index (χ3v) is 6.08. The van der Waals surface area contributed by atoms with Crippen LogP contribution in [0.5, 0.6) is 11.5 Å². The molecule has 2 aliphatic rings. The van der Waals surface area contributed by atoms with Crippen LogP contribution in [-0.4, -0.2) is 49.3 Å². The Morgan fingerprint density at radius 1 is 0.735 bits per heavy atom. The van der Waals surface area contributed by atoms with Crippen molar-refractivity contribution in [2.24, 2.45) is 0 Å². The summed E-state index contributed by atoms with van der Waals surface area (Å²) in [5.74, 6) is 0.879. The Morgan fingerprint density at radius 3 is 1.97 bits per heavy atom. The van der Waals surface area contributed by atoms with Gasteiger partial charge in [-0.1, -0.05) is 42.0 Å². The number of carbonyl (C=O) groups is 2. The van der Waals surface area contributed by atoms with Crippen LogP contribution < -0.4 is 15.4 Å². The van der Waals surface area contributed by atoms with Crippen LogP contribution in [0.4, 0.5) is 0 Å². The number of carbonyl (C=O) groups excluding carboxylic acids is 2. The van der Waals surface area contributed by atoms with Crippen molar-refractivity contribution >= 4 is 11.8 Å². The van der Waals surface area contributed by atoms with Crippen molar-refractivity contribution in [3.63, 3.8) is 0 Å². The van der Waals surface area contributed by atoms with Gasteiger partial charge in [-0.3, -0.25) is 9.59 Å². The van der Waals surface area contributed by atoms with Crippen molar-refractivity contribution in [1.82, 2.24) is 10.6 Å². The molecule has 3 aromatic carbocycles. The van der Waals surface area contributed by atoms with E-state index >= 15 is 0 Å². The molecule has 0 aromatic heterocycles. The summed E-state index contributed by atoms with van der Waals surface area (Å²) in [6.45, 7) is 2.63. The minimum absolute atomic E-state index is 0.166. The first-order valence-electron chi connectivity index (χ1n) is 11.3. The van der Waals surface area contributed by atoms with Crippen LogP contribution >= 0.6 is 0 Å². The van der Waals surface area contributed by atoms with E-state index in [9.17, 15) is 9.59 Å². The van der Waals surface area contributed by atoms with Gasteiger partial charge in [0.25, 0.3) is 11.8 Å². The van der Waals surface area contributed by atoms with Gasteiger partial charge in [-0.2, -0.15) is 0 Å². The Kier molecular flexibility index (Phi) is 6.29. The molecule has 7 nitrogen and oxygen atoms in total. The fraction of sp³-hybridized carbons (Fsp3) is 0.259. The predicted octanol–water partition coefficient (Wildman–Crippen LogP) is 3.48. The Labute approximate surface area is 198 Å². The van der Waals surface area contributed by atoms with Crippen molar-refractivity contribution in [3.05, 3.63) is 95.6 Å². The van der Waals surface area contributed by atoms with Crippen molar-refractivity contribution in [1.29, 1.82) is 0 Å². The molecular formula is C27H26N2O5. The minimum atomic E-state index is -0.323. The maximum atomic E-state index is 12.9. The number of aryl methyl sites for hydroxylation is 1. The number of benzene rings is 3. The lowest BCUT2D eigenvalue weighted by atomic mass is 10.0. The molecule has 2 heterocycles. The molecule has 34 heavy (non-hydrogen) atoms. The van der Waals surface area contributed by atoms with E-state index in [4.69, 9.17) is 14.2 Å². The average Bonchev–Trinajstić information content (AvgIpc) is 3.43. The maximum Gasteiger partial charge on any atom is 0.251 e. The van der Waals surface area contributed by atoms with Crippen LogP contribution in [0.1, 0.15) is 26.3 Å². The molecule has 5 rings (SSSR count). The molecule has 0 bridgehead atoms. The normalized spacial score (nSPS) is 23.2. The van der Waals surface area contributed by atoms with Crippen molar-refractivity contribution in [2.75, 3.05) is 13.2 Å². The van der Waals surface area contributed by atoms with Gasteiger partial charge in [-0.25, -0.2) is 0 Å². The second kappa shape index (κ2) is 9.67. The lowest BCUT2D eigenvalue weighted by Crippen LogP contribution is -2.46. The molecule has 2 fully saturated rings. The number of fused-ring (bicyclic) bond motifs is 1. The highest BCUT2D eigenvalue weighted by Gasteiger charge is 2.48. The van der Waals surface area contributed by atoms with Crippen LogP contribution in [-0.2, 0) is 9.47 Å². The molecule has 0 saturated carbocycles. The molecule has 7 heteroatoms. The Hall–Kier alpha value is -3.68. The number of amides is 2. The SMILES string of the molecule is Cc1ccc(C(=O)N[C@H]2CO[C@H]3[C@@H]2OC[C@@H]3NC(=O)c2cccc(Oc3ccccc3)c2)cc1. The fourth-order valence-electron chi connectivity index (χ4n) is 4.28. The summed E-state index contributed by atoms with van der Waals surface area (Å²) in [4.78, 5) is 25.5. The van der Waals surface area contributed by atoms with Gasteiger partial charge in [-0.05, 0) is 49.4 Å². The average molecular weight is 459 g/mol. The Balaban J connectivity index is 1.19. The van der Waals surface area contributed by atoms with E-state index in [1.54, 1.807) is 36.4 Å². The first-order chi connectivity index (χ1) is 16.6. The molecular weight excluding hydrogens is 432 g/mol. The maximum absolute atomic E-state index is 12.9. The smallest absolute Gasteiger partial charge is 0.251 e. The standard InChI is InChI=1S/C27H26N2O5/c1-17-10-12-18(13-11-17)26(30)28-22-15-32-25-23(16-33-24(22)25)29-27(31)19-6-5-9-21(14-19)34-20-7-3-2-4-8-20/h2-14,22-25H,15-16H2,1H3,(H,28,30)(H,29,31)/t22-,23-,24+,25+/m0/s1. The monoisotopic (exact) mass is 458 g/mol. The molecule has 2 amide bonds. The van der Waals surface area contributed by atoms with Crippen LogP contribution in [0.25, 0.3) is 0 Å². The Morgan fingerprint density at radius 2 is 1.32 bits per heavy atom. The number of rotatable bonds is 6. The highest BCUT2D eigenvalue weighted by Crippen LogP contribution is 2.28. The molecule has 2 aliphatic heterocycles. The first-order valence-corrected chi connectivity index (χ1v) is 11.3. The summed E-state index contributed by atoms with van der Waals surface area (Å²) in [5, 5.41) is 6.02. The van der Waals surface area contributed by atoms with Crippen LogP contribution in [0.15, 0.2) is 78.9 Å². The van der Waals surface area contributed by atoms with Crippen molar-refractivity contribution < 1.29 is 23.8 Å². The summed E-state index contributed by atoms with van der Waals surface area (Å²) in [7, 11) is 0. The van der Waals surface area contributed by atoms with E-state index in [1.165, 1.54) is 0 Å². The summed E-state index contributed by atoms with van der Waals surface area (Å²) in [6, 6.07) is 23.3. The molecule has 3 aromatic rings. The Bertz CT molecular complexity index is 1170. The zero-order valence-corrected chi connectivity index (χ0v) is 18.8. The third-order valence-electron chi connectivity index (χ3n) is 6.08. The van der Waals surface area contributed by atoms with Crippen molar-refractivity contribution in [3.8, 4) is 11.5 Å². The van der Waals surface area contributed by atoms with E-state index in [0.717, 1.165) is 5.56 Å². The number of ether oxygens (including phenoxy) is 3. The highest BCUT2D eigenvalue weighted by atomic mass is 16.6. The third kappa shape index (κ3) is 4.81. The zero-order valence-electron chi connectivity index (χ0n) is 18.8. The van der Waals surface area contributed by atoms with Crippen LogP contribution in [0.2, 0.25) is 0 Å². The summed E-state index contributed by atoms with van der Waals surface area (Å²) in [6.07, 6.45) is -0.636. The summed E-state index contributed by atoms with van der Waals surface area (Å²) in [5.41, 5.74) is 2.17. The molecule has 4 atom stereocenters. The van der Waals surface area contributed by atoms with Crippen LogP contribution in [0.3, 0.4) is 0 Å². The fourth-order valence-corrected chi connectivity index (χ4v) is 4.28.